The molecule has 1 amide bonds. The van der Waals surface area contributed by atoms with E-state index in [-0.39, 0.29) is 5.91 Å². The average molecular weight is 393 g/mol. The van der Waals surface area contributed by atoms with Gasteiger partial charge in [-0.1, -0.05) is 42.5 Å². The van der Waals surface area contributed by atoms with Crippen LogP contribution in [0, 0.1) is 0 Å². The van der Waals surface area contributed by atoms with Crippen LogP contribution in [-0.2, 0) is 9.53 Å². The Hall–Kier alpha value is -3.38. The van der Waals surface area contributed by atoms with E-state index in [1.807, 2.05) is 54.6 Å². The molecule has 1 heterocycles. The van der Waals surface area contributed by atoms with Crippen molar-refractivity contribution in [2.45, 2.75) is 0 Å². The zero-order chi connectivity index (χ0) is 19.9. The van der Waals surface area contributed by atoms with Crippen LogP contribution in [0.15, 0.2) is 66.7 Å². The highest BCUT2D eigenvalue weighted by atomic mass is 32.1. The third-order valence-electron chi connectivity index (χ3n) is 3.96. The van der Waals surface area contributed by atoms with E-state index in [0.717, 1.165) is 21.8 Å². The number of carbonyl (C=O) groups is 2. The van der Waals surface area contributed by atoms with E-state index in [0.29, 0.717) is 10.6 Å². The van der Waals surface area contributed by atoms with Gasteiger partial charge in [-0.25, -0.2) is 4.79 Å². The number of anilines is 1. The first-order valence-corrected chi connectivity index (χ1v) is 9.33. The van der Waals surface area contributed by atoms with Gasteiger partial charge in [-0.3, -0.25) is 4.79 Å². The molecule has 3 rings (SSSR count). The fourth-order valence-electron chi connectivity index (χ4n) is 2.53. The summed E-state index contributed by atoms with van der Waals surface area (Å²) in [6.07, 6.45) is 3.11. The molecule has 5 nitrogen and oxygen atoms in total. The number of carbonyl (C=O) groups excluding carboxylic acids is 2. The van der Waals surface area contributed by atoms with Crippen molar-refractivity contribution in [3.05, 3.63) is 77.2 Å². The van der Waals surface area contributed by atoms with Crippen molar-refractivity contribution in [1.82, 2.24) is 0 Å². The average Bonchev–Trinajstić information content (AvgIpc) is 3.16. The summed E-state index contributed by atoms with van der Waals surface area (Å²) in [4.78, 5) is 25.7. The molecule has 0 saturated heterocycles. The monoisotopic (exact) mass is 393 g/mol. The molecule has 0 unspecified atom stereocenters. The summed E-state index contributed by atoms with van der Waals surface area (Å²) in [6.45, 7) is 0. The molecule has 0 aliphatic carbocycles. The summed E-state index contributed by atoms with van der Waals surface area (Å²) in [7, 11) is 2.92. The minimum atomic E-state index is -0.485. The molecule has 0 radical (unpaired) electrons. The highest BCUT2D eigenvalue weighted by Crippen LogP contribution is 2.35. The third-order valence-corrected chi connectivity index (χ3v) is 5.13. The van der Waals surface area contributed by atoms with Gasteiger partial charge in [0.05, 0.1) is 19.9 Å². The molecule has 0 aliphatic rings. The van der Waals surface area contributed by atoms with Crippen LogP contribution in [0.2, 0.25) is 0 Å². The summed E-state index contributed by atoms with van der Waals surface area (Å²) in [6, 6.07) is 18.8. The minimum Gasteiger partial charge on any atom is -0.497 e. The number of hydrogen-bond acceptors (Lipinski definition) is 5. The first kappa shape index (κ1) is 19.4. The summed E-state index contributed by atoms with van der Waals surface area (Å²) in [5.74, 6) is -0.0731. The number of nitrogens with one attached hydrogen (secondary N) is 1. The fraction of sp³-hybridized carbons (Fsp3) is 0.0909. The molecule has 3 aromatic rings. The molecule has 28 heavy (non-hydrogen) atoms. The number of hydrogen-bond donors (Lipinski definition) is 1. The number of amides is 1. The summed E-state index contributed by atoms with van der Waals surface area (Å²) >= 11 is 1.28. The molecule has 0 aliphatic heterocycles. The van der Waals surface area contributed by atoms with Crippen molar-refractivity contribution in [3.63, 3.8) is 0 Å². The van der Waals surface area contributed by atoms with E-state index in [1.54, 1.807) is 19.3 Å². The first-order chi connectivity index (χ1) is 13.6. The topological polar surface area (TPSA) is 64.6 Å². The Labute approximate surface area is 167 Å². The number of esters is 1. The first-order valence-electron chi connectivity index (χ1n) is 8.51. The van der Waals surface area contributed by atoms with Crippen LogP contribution >= 0.6 is 11.3 Å². The fourth-order valence-corrected chi connectivity index (χ4v) is 3.57. The zero-order valence-electron chi connectivity index (χ0n) is 15.5. The van der Waals surface area contributed by atoms with Crippen LogP contribution in [0.4, 0.5) is 5.69 Å². The van der Waals surface area contributed by atoms with Crippen LogP contribution in [-0.4, -0.2) is 26.1 Å². The van der Waals surface area contributed by atoms with Gasteiger partial charge < -0.3 is 14.8 Å². The number of methoxy groups -OCH3 is 2. The van der Waals surface area contributed by atoms with Gasteiger partial charge in [0.1, 0.15) is 10.6 Å². The lowest BCUT2D eigenvalue weighted by molar-refractivity contribution is -0.111. The highest BCUT2D eigenvalue weighted by Gasteiger charge is 2.18. The van der Waals surface area contributed by atoms with Crippen molar-refractivity contribution in [1.29, 1.82) is 0 Å². The molecule has 1 aromatic heterocycles. The second-order valence-electron chi connectivity index (χ2n) is 5.81. The number of thiophene rings is 1. The Morgan fingerprint density at radius 2 is 1.71 bits per heavy atom. The molecule has 0 saturated carbocycles. The molecular weight excluding hydrogens is 374 g/mol. The lowest BCUT2D eigenvalue weighted by atomic mass is 10.2. The van der Waals surface area contributed by atoms with E-state index in [1.165, 1.54) is 24.5 Å². The van der Waals surface area contributed by atoms with Gasteiger partial charge in [0, 0.05) is 11.0 Å². The SMILES string of the molecule is COC(=O)c1sc(-c2ccccc2)cc1NC(=O)/C=C/c1ccc(OC)cc1. The van der Waals surface area contributed by atoms with Crippen LogP contribution in [0.25, 0.3) is 16.5 Å². The summed E-state index contributed by atoms with van der Waals surface area (Å²) in [5.41, 5.74) is 2.26. The van der Waals surface area contributed by atoms with Crippen LogP contribution in [0.3, 0.4) is 0 Å². The molecule has 2 aromatic carbocycles. The second-order valence-corrected chi connectivity index (χ2v) is 6.86. The lowest BCUT2D eigenvalue weighted by Gasteiger charge is -2.02. The smallest absolute Gasteiger partial charge is 0.350 e. The standard InChI is InChI=1S/C22H19NO4S/c1-26-17-11-8-15(9-12-17)10-13-20(24)23-18-14-19(16-6-4-3-5-7-16)28-21(18)22(25)27-2/h3-14H,1-2H3,(H,23,24)/b13-10+. The molecule has 142 valence electrons. The Kier molecular flexibility index (Phi) is 6.24. The lowest BCUT2D eigenvalue weighted by Crippen LogP contribution is -2.10. The molecular formula is C22H19NO4S. The Morgan fingerprint density at radius 3 is 2.36 bits per heavy atom. The number of ether oxygens (including phenoxy) is 2. The van der Waals surface area contributed by atoms with Gasteiger partial charge in [-0.15, -0.1) is 11.3 Å². The molecule has 0 atom stereocenters. The normalized spacial score (nSPS) is 10.6. The number of benzene rings is 2. The van der Waals surface area contributed by atoms with Gasteiger partial charge in [0.2, 0.25) is 5.91 Å². The summed E-state index contributed by atoms with van der Waals surface area (Å²) in [5, 5.41) is 2.77. The van der Waals surface area contributed by atoms with E-state index < -0.39 is 5.97 Å². The van der Waals surface area contributed by atoms with Crippen LogP contribution in [0.5, 0.6) is 5.75 Å². The Morgan fingerprint density at radius 1 is 1.00 bits per heavy atom. The van der Waals surface area contributed by atoms with Gasteiger partial charge in [0.25, 0.3) is 0 Å². The highest BCUT2D eigenvalue weighted by molar-refractivity contribution is 7.18. The number of rotatable bonds is 6. The van der Waals surface area contributed by atoms with Gasteiger partial charge in [0.15, 0.2) is 0 Å². The van der Waals surface area contributed by atoms with Gasteiger partial charge in [-0.2, -0.15) is 0 Å². The van der Waals surface area contributed by atoms with Crippen molar-refractivity contribution < 1.29 is 19.1 Å². The van der Waals surface area contributed by atoms with Crippen molar-refractivity contribution in [2.75, 3.05) is 19.5 Å². The van der Waals surface area contributed by atoms with E-state index >= 15 is 0 Å². The molecule has 0 spiro atoms. The molecule has 0 bridgehead atoms. The minimum absolute atomic E-state index is 0.335. The van der Waals surface area contributed by atoms with Crippen molar-refractivity contribution >= 4 is 35.0 Å². The van der Waals surface area contributed by atoms with Crippen LogP contribution < -0.4 is 10.1 Å². The van der Waals surface area contributed by atoms with Gasteiger partial charge in [-0.05, 0) is 35.4 Å². The van der Waals surface area contributed by atoms with Crippen molar-refractivity contribution in [3.8, 4) is 16.2 Å². The predicted octanol–water partition coefficient (Wildman–Crippen LogP) is 4.86. The predicted molar refractivity (Wildman–Crippen MR) is 112 cm³/mol. The molecule has 6 heteroatoms. The third kappa shape index (κ3) is 4.66. The molecule has 0 fully saturated rings. The maximum absolute atomic E-state index is 12.3. The second kappa shape index (κ2) is 9.01. The van der Waals surface area contributed by atoms with E-state index in [9.17, 15) is 9.59 Å². The maximum atomic E-state index is 12.3. The Balaban J connectivity index is 1.79. The van der Waals surface area contributed by atoms with Crippen LogP contribution in [0.1, 0.15) is 15.2 Å². The van der Waals surface area contributed by atoms with Gasteiger partial charge >= 0.3 is 5.97 Å². The largest absolute Gasteiger partial charge is 0.497 e. The van der Waals surface area contributed by atoms with Crippen molar-refractivity contribution in [2.24, 2.45) is 0 Å². The zero-order valence-corrected chi connectivity index (χ0v) is 16.3. The molecule has 1 N–H and O–H groups in total. The van der Waals surface area contributed by atoms with E-state index in [4.69, 9.17) is 9.47 Å². The summed E-state index contributed by atoms with van der Waals surface area (Å²) < 4.78 is 9.96. The maximum Gasteiger partial charge on any atom is 0.350 e. The van der Waals surface area contributed by atoms with E-state index in [2.05, 4.69) is 5.32 Å². The quantitative estimate of drug-likeness (QED) is 0.480. The Bertz CT molecular complexity index is 991.